The number of hydrogen-bond donors (Lipinski definition) is 1. The molecule has 0 bridgehead atoms. The van der Waals surface area contributed by atoms with Gasteiger partial charge in [-0.15, -0.1) is 0 Å². The van der Waals surface area contributed by atoms with Crippen LogP contribution in [-0.4, -0.2) is 27.2 Å². The van der Waals surface area contributed by atoms with Gasteiger partial charge in [-0.25, -0.2) is 0 Å². The van der Waals surface area contributed by atoms with E-state index >= 15 is 0 Å². The number of fused-ring (bicyclic) bond motifs is 1. The monoisotopic (exact) mass is 245 g/mol. The third-order valence-corrected chi connectivity index (χ3v) is 3.63. The van der Waals surface area contributed by atoms with E-state index < -0.39 is 0 Å². The lowest BCUT2D eigenvalue weighted by molar-refractivity contribution is 0.413. The summed E-state index contributed by atoms with van der Waals surface area (Å²) in [5, 5.41) is 2.12. The maximum absolute atomic E-state index is 5.57. The van der Waals surface area contributed by atoms with E-state index in [-0.39, 0.29) is 0 Å². The number of benzene rings is 1. The Labute approximate surface area is 108 Å². The fourth-order valence-corrected chi connectivity index (χ4v) is 2.74. The number of hydrazine groups is 1. The molecule has 0 saturated heterocycles. The van der Waals surface area contributed by atoms with Gasteiger partial charge in [0.05, 0.1) is 25.0 Å². The van der Waals surface area contributed by atoms with Crippen molar-refractivity contribution in [2.24, 2.45) is 0 Å². The van der Waals surface area contributed by atoms with Gasteiger partial charge in [-0.2, -0.15) is 0 Å². The van der Waals surface area contributed by atoms with Crippen LogP contribution in [0.5, 0.6) is 5.75 Å². The minimum atomic E-state index is 0.901. The van der Waals surface area contributed by atoms with E-state index in [1.165, 1.54) is 23.4 Å². The fraction of sp³-hybridized carbons (Fsp3) is 0.429. The summed E-state index contributed by atoms with van der Waals surface area (Å²) in [6.45, 7) is 2.00. The number of hydrogen-bond acceptors (Lipinski definition) is 4. The van der Waals surface area contributed by atoms with E-state index in [2.05, 4.69) is 40.6 Å². The van der Waals surface area contributed by atoms with Gasteiger partial charge in [0.1, 0.15) is 5.75 Å². The Morgan fingerprint density at radius 2 is 2.22 bits per heavy atom. The molecular weight excluding hydrogens is 226 g/mol. The van der Waals surface area contributed by atoms with Crippen molar-refractivity contribution in [2.75, 3.05) is 37.2 Å². The van der Waals surface area contributed by atoms with Crippen LogP contribution in [0.25, 0.3) is 0 Å². The summed E-state index contributed by atoms with van der Waals surface area (Å²) in [5.41, 5.74) is 7.03. The molecule has 0 aromatic heterocycles. The van der Waals surface area contributed by atoms with Gasteiger partial charge >= 0.3 is 0 Å². The van der Waals surface area contributed by atoms with Crippen LogP contribution in [0.3, 0.4) is 0 Å². The minimum Gasteiger partial charge on any atom is -0.494 e. The quantitative estimate of drug-likeness (QED) is 0.861. The third kappa shape index (κ3) is 1.78. The highest BCUT2D eigenvalue weighted by Crippen LogP contribution is 2.39. The molecule has 1 aromatic carbocycles. The number of rotatable bonds is 2. The molecule has 4 heteroatoms. The van der Waals surface area contributed by atoms with Crippen molar-refractivity contribution >= 4 is 11.4 Å². The van der Waals surface area contributed by atoms with Crippen molar-refractivity contribution in [1.82, 2.24) is 5.43 Å². The molecule has 0 amide bonds. The van der Waals surface area contributed by atoms with E-state index in [1.54, 1.807) is 7.11 Å². The largest absolute Gasteiger partial charge is 0.494 e. The summed E-state index contributed by atoms with van der Waals surface area (Å²) in [4.78, 5) is 2.29. The lowest BCUT2D eigenvalue weighted by Crippen LogP contribution is -2.30. The molecule has 2 aliphatic heterocycles. The van der Waals surface area contributed by atoms with E-state index in [4.69, 9.17) is 4.74 Å². The first kappa shape index (κ1) is 11.3. The Morgan fingerprint density at radius 3 is 2.94 bits per heavy atom. The molecule has 0 atom stereocenters. The number of anilines is 2. The highest BCUT2D eigenvalue weighted by atomic mass is 16.5. The lowest BCUT2D eigenvalue weighted by atomic mass is 10.0. The third-order valence-electron chi connectivity index (χ3n) is 3.63. The number of aryl methyl sites for hydroxylation is 1. The van der Waals surface area contributed by atoms with E-state index in [0.29, 0.717) is 0 Å². The van der Waals surface area contributed by atoms with Gasteiger partial charge in [-0.05, 0) is 30.5 Å². The molecule has 1 aromatic rings. The molecule has 2 aliphatic rings. The molecule has 0 unspecified atom stereocenters. The highest BCUT2D eigenvalue weighted by Gasteiger charge is 2.21. The topological polar surface area (TPSA) is 27.7 Å². The molecule has 0 aliphatic carbocycles. The standard InChI is InChI=1S/C14H19N3O/c1-16-7-3-5-11-9-12(17-8-4-6-15-17)10-13(18-2)14(11)16/h4,6,9-10,15H,3,5,7-8H2,1-2H3. The van der Waals surface area contributed by atoms with Gasteiger partial charge in [0.25, 0.3) is 0 Å². The average molecular weight is 245 g/mol. The van der Waals surface area contributed by atoms with Crippen LogP contribution in [0.1, 0.15) is 12.0 Å². The van der Waals surface area contributed by atoms with Gasteiger partial charge in [0.15, 0.2) is 0 Å². The van der Waals surface area contributed by atoms with Crippen molar-refractivity contribution < 1.29 is 4.74 Å². The molecule has 0 spiro atoms. The van der Waals surface area contributed by atoms with Crippen LogP contribution < -0.4 is 20.1 Å². The first-order valence-corrected chi connectivity index (χ1v) is 6.40. The van der Waals surface area contributed by atoms with Gasteiger partial charge < -0.3 is 15.1 Å². The summed E-state index contributed by atoms with van der Waals surface area (Å²) in [5.74, 6) is 0.971. The molecule has 1 N–H and O–H groups in total. The number of ether oxygens (including phenoxy) is 1. The number of methoxy groups -OCH3 is 1. The van der Waals surface area contributed by atoms with Crippen LogP contribution in [0.2, 0.25) is 0 Å². The Hall–Kier alpha value is -1.84. The summed E-state index contributed by atoms with van der Waals surface area (Å²) in [6, 6.07) is 4.38. The molecule has 0 fully saturated rings. The molecule has 4 nitrogen and oxygen atoms in total. The fourth-order valence-electron chi connectivity index (χ4n) is 2.74. The second kappa shape index (κ2) is 4.44. The van der Waals surface area contributed by atoms with Gasteiger partial charge in [-0.3, -0.25) is 5.01 Å². The van der Waals surface area contributed by atoms with E-state index in [9.17, 15) is 0 Å². The normalized spacial score (nSPS) is 17.7. The molecule has 96 valence electrons. The van der Waals surface area contributed by atoms with Crippen molar-refractivity contribution in [1.29, 1.82) is 0 Å². The highest BCUT2D eigenvalue weighted by molar-refractivity contribution is 5.71. The Morgan fingerprint density at radius 1 is 1.33 bits per heavy atom. The van der Waals surface area contributed by atoms with Crippen LogP contribution in [-0.2, 0) is 6.42 Å². The average Bonchev–Trinajstić information content (AvgIpc) is 2.91. The zero-order valence-electron chi connectivity index (χ0n) is 10.9. The van der Waals surface area contributed by atoms with Crippen molar-refractivity contribution in [3.63, 3.8) is 0 Å². The maximum atomic E-state index is 5.57. The summed E-state index contributed by atoms with van der Waals surface area (Å²) < 4.78 is 5.57. The predicted octanol–water partition coefficient (Wildman–Crippen LogP) is 1.92. The summed E-state index contributed by atoms with van der Waals surface area (Å²) >= 11 is 0. The van der Waals surface area contributed by atoms with Gasteiger partial charge in [-0.1, -0.05) is 0 Å². The second-order valence-electron chi connectivity index (χ2n) is 4.82. The molecule has 3 rings (SSSR count). The van der Waals surface area contributed by atoms with Crippen LogP contribution in [0.4, 0.5) is 11.4 Å². The first-order chi connectivity index (χ1) is 8.79. The van der Waals surface area contributed by atoms with Crippen molar-refractivity contribution in [3.05, 3.63) is 30.0 Å². The SMILES string of the molecule is COc1cc(N2CC=CN2)cc2c1N(C)CCC2. The Balaban J connectivity index is 2.03. The Bertz CT molecular complexity index is 459. The van der Waals surface area contributed by atoms with Crippen molar-refractivity contribution in [3.8, 4) is 5.75 Å². The zero-order chi connectivity index (χ0) is 12.5. The zero-order valence-corrected chi connectivity index (χ0v) is 10.9. The molecule has 0 saturated carbocycles. The van der Waals surface area contributed by atoms with Crippen LogP contribution >= 0.6 is 0 Å². The van der Waals surface area contributed by atoms with E-state index in [0.717, 1.165) is 25.3 Å². The summed E-state index contributed by atoms with van der Waals surface area (Å²) in [7, 11) is 3.88. The lowest BCUT2D eigenvalue weighted by Gasteiger charge is -2.31. The molecular formula is C14H19N3O. The van der Waals surface area contributed by atoms with Gasteiger partial charge in [0, 0.05) is 25.9 Å². The summed E-state index contributed by atoms with van der Waals surface area (Å²) in [6.07, 6.45) is 6.42. The molecule has 0 radical (unpaired) electrons. The van der Waals surface area contributed by atoms with Crippen LogP contribution in [0.15, 0.2) is 24.4 Å². The number of nitrogens with one attached hydrogen (secondary N) is 1. The Kier molecular flexibility index (Phi) is 2.78. The molecule has 18 heavy (non-hydrogen) atoms. The molecule has 2 heterocycles. The minimum absolute atomic E-state index is 0.901. The smallest absolute Gasteiger partial charge is 0.144 e. The predicted molar refractivity (Wildman–Crippen MR) is 74.2 cm³/mol. The van der Waals surface area contributed by atoms with E-state index in [1.807, 2.05) is 6.20 Å². The van der Waals surface area contributed by atoms with Crippen molar-refractivity contribution in [2.45, 2.75) is 12.8 Å². The van der Waals surface area contributed by atoms with Crippen LogP contribution in [0, 0.1) is 0 Å². The first-order valence-electron chi connectivity index (χ1n) is 6.40. The second-order valence-corrected chi connectivity index (χ2v) is 4.82. The maximum Gasteiger partial charge on any atom is 0.144 e. The number of nitrogens with zero attached hydrogens (tertiary/aromatic N) is 2. The van der Waals surface area contributed by atoms with Gasteiger partial charge in [0.2, 0.25) is 0 Å².